The van der Waals surface area contributed by atoms with Crippen LogP contribution in [0, 0.1) is 0 Å². The number of esters is 1. The first-order valence-electron chi connectivity index (χ1n) is 8.88. The summed E-state index contributed by atoms with van der Waals surface area (Å²) < 4.78 is 12.7. The van der Waals surface area contributed by atoms with Crippen molar-refractivity contribution in [1.29, 1.82) is 0 Å². The first-order chi connectivity index (χ1) is 14.1. The molecule has 0 aliphatic rings. The topological polar surface area (TPSA) is 96.3 Å². The van der Waals surface area contributed by atoms with Crippen LogP contribution < -0.4 is 11.2 Å². The van der Waals surface area contributed by atoms with Gasteiger partial charge in [-0.15, -0.1) is 0 Å². The molecular formula is C21H17N3O5. The molecule has 3 heterocycles. The summed E-state index contributed by atoms with van der Waals surface area (Å²) in [6.07, 6.45) is 1.51. The summed E-state index contributed by atoms with van der Waals surface area (Å²) in [6, 6.07) is 15.6. The number of benzene rings is 1. The van der Waals surface area contributed by atoms with E-state index in [0.717, 1.165) is 10.1 Å². The van der Waals surface area contributed by atoms with Crippen LogP contribution in [0.4, 0.5) is 0 Å². The zero-order valence-corrected chi connectivity index (χ0v) is 15.6. The summed E-state index contributed by atoms with van der Waals surface area (Å²) in [4.78, 5) is 41.9. The number of carbonyl (C=O) groups excluding carboxylic acids is 1. The maximum atomic E-state index is 13.2. The molecule has 3 aromatic heterocycles. The Balaban J connectivity index is 1.84. The van der Waals surface area contributed by atoms with Crippen molar-refractivity contribution in [3.05, 3.63) is 98.7 Å². The van der Waals surface area contributed by atoms with E-state index >= 15 is 0 Å². The summed E-state index contributed by atoms with van der Waals surface area (Å²) in [5, 5.41) is 0. The zero-order valence-electron chi connectivity index (χ0n) is 15.6. The fourth-order valence-corrected chi connectivity index (χ4v) is 3.13. The molecule has 146 valence electrons. The minimum Gasteiger partial charge on any atom is -0.463 e. The van der Waals surface area contributed by atoms with E-state index < -0.39 is 17.2 Å². The number of fused-ring (bicyclic) bond motifs is 1. The zero-order chi connectivity index (χ0) is 20.4. The second kappa shape index (κ2) is 7.59. The number of ether oxygens (including phenoxy) is 1. The van der Waals surface area contributed by atoms with Gasteiger partial charge in [0.05, 0.1) is 25.7 Å². The molecule has 0 saturated carbocycles. The number of pyridine rings is 1. The molecule has 0 unspecified atom stereocenters. The molecule has 0 fully saturated rings. The monoisotopic (exact) mass is 391 g/mol. The van der Waals surface area contributed by atoms with E-state index in [2.05, 4.69) is 9.72 Å². The van der Waals surface area contributed by atoms with E-state index in [9.17, 15) is 14.4 Å². The van der Waals surface area contributed by atoms with E-state index in [1.807, 2.05) is 30.3 Å². The Bertz CT molecular complexity index is 1300. The molecule has 0 spiro atoms. The van der Waals surface area contributed by atoms with Crippen molar-refractivity contribution >= 4 is 17.0 Å². The van der Waals surface area contributed by atoms with Gasteiger partial charge in [0.25, 0.3) is 5.56 Å². The second-order valence-corrected chi connectivity index (χ2v) is 6.37. The number of hydrogen-bond acceptors (Lipinski definition) is 6. The lowest BCUT2D eigenvalue weighted by Crippen LogP contribution is -2.40. The lowest BCUT2D eigenvalue weighted by atomic mass is 10.2. The number of carbonyl (C=O) groups is 1. The van der Waals surface area contributed by atoms with Gasteiger partial charge >= 0.3 is 11.7 Å². The molecule has 0 aliphatic heterocycles. The maximum Gasteiger partial charge on any atom is 0.373 e. The highest BCUT2D eigenvalue weighted by Crippen LogP contribution is 2.13. The van der Waals surface area contributed by atoms with Gasteiger partial charge < -0.3 is 9.15 Å². The van der Waals surface area contributed by atoms with Crippen LogP contribution in [0.5, 0.6) is 0 Å². The summed E-state index contributed by atoms with van der Waals surface area (Å²) in [7, 11) is 1.26. The third kappa shape index (κ3) is 3.47. The van der Waals surface area contributed by atoms with Crippen LogP contribution in [0.3, 0.4) is 0 Å². The van der Waals surface area contributed by atoms with Gasteiger partial charge in [0.2, 0.25) is 5.76 Å². The van der Waals surface area contributed by atoms with Crippen LogP contribution in [0.15, 0.2) is 74.8 Å². The van der Waals surface area contributed by atoms with Crippen LogP contribution in [-0.4, -0.2) is 27.2 Å². The van der Waals surface area contributed by atoms with Gasteiger partial charge in [0, 0.05) is 6.20 Å². The summed E-state index contributed by atoms with van der Waals surface area (Å²) >= 11 is 0. The van der Waals surface area contributed by atoms with Crippen molar-refractivity contribution in [2.75, 3.05) is 7.11 Å². The van der Waals surface area contributed by atoms with E-state index in [1.54, 1.807) is 18.2 Å². The Kier molecular flexibility index (Phi) is 4.82. The number of rotatable bonds is 5. The summed E-state index contributed by atoms with van der Waals surface area (Å²) in [6.45, 7) is 0.156. The van der Waals surface area contributed by atoms with Crippen molar-refractivity contribution in [1.82, 2.24) is 14.1 Å². The molecule has 4 aromatic rings. The van der Waals surface area contributed by atoms with Gasteiger partial charge in [-0.25, -0.2) is 14.6 Å². The van der Waals surface area contributed by atoms with Gasteiger partial charge in [-0.2, -0.15) is 0 Å². The number of furan rings is 1. The van der Waals surface area contributed by atoms with Crippen molar-refractivity contribution in [3.8, 4) is 0 Å². The largest absolute Gasteiger partial charge is 0.463 e. The maximum absolute atomic E-state index is 13.2. The molecular weight excluding hydrogens is 374 g/mol. The Morgan fingerprint density at radius 3 is 2.55 bits per heavy atom. The second-order valence-electron chi connectivity index (χ2n) is 6.37. The van der Waals surface area contributed by atoms with Crippen LogP contribution in [0.1, 0.15) is 21.9 Å². The van der Waals surface area contributed by atoms with E-state index in [0.29, 0.717) is 11.3 Å². The van der Waals surface area contributed by atoms with Crippen molar-refractivity contribution < 1.29 is 13.9 Å². The summed E-state index contributed by atoms with van der Waals surface area (Å²) in [5.41, 5.74) is 0.445. The highest BCUT2D eigenvalue weighted by molar-refractivity contribution is 5.86. The first-order valence-corrected chi connectivity index (χ1v) is 8.88. The predicted molar refractivity (Wildman–Crippen MR) is 105 cm³/mol. The van der Waals surface area contributed by atoms with Crippen molar-refractivity contribution in [2.24, 2.45) is 0 Å². The lowest BCUT2D eigenvalue weighted by molar-refractivity contribution is 0.0563. The lowest BCUT2D eigenvalue weighted by Gasteiger charge is -2.13. The molecule has 0 N–H and O–H groups in total. The molecule has 0 amide bonds. The summed E-state index contributed by atoms with van der Waals surface area (Å²) in [5.74, 6) is -0.192. The van der Waals surface area contributed by atoms with Gasteiger partial charge in [-0.3, -0.25) is 13.9 Å². The number of aromatic nitrogens is 3. The average molecular weight is 391 g/mol. The minimum absolute atomic E-state index is 0.0348. The molecule has 1 aromatic carbocycles. The third-order valence-electron chi connectivity index (χ3n) is 4.53. The number of nitrogens with zero attached hydrogens (tertiary/aromatic N) is 3. The molecule has 8 heteroatoms. The van der Waals surface area contributed by atoms with Gasteiger partial charge in [0.15, 0.2) is 5.52 Å². The molecule has 8 nitrogen and oxygen atoms in total. The van der Waals surface area contributed by atoms with Gasteiger partial charge in [-0.05, 0) is 29.8 Å². The molecule has 29 heavy (non-hydrogen) atoms. The smallest absolute Gasteiger partial charge is 0.373 e. The molecule has 4 rings (SSSR count). The average Bonchev–Trinajstić information content (AvgIpc) is 3.23. The number of hydrogen-bond donors (Lipinski definition) is 0. The fourth-order valence-electron chi connectivity index (χ4n) is 3.13. The van der Waals surface area contributed by atoms with E-state index in [1.165, 1.54) is 23.9 Å². The number of methoxy groups -OCH3 is 1. The SMILES string of the molecule is COC(=O)c1ccc(Cn2c(=O)n(Cc3ccccc3)c(=O)c3ncccc32)o1. The van der Waals surface area contributed by atoms with Crippen molar-refractivity contribution in [3.63, 3.8) is 0 Å². The van der Waals surface area contributed by atoms with Crippen LogP contribution in [-0.2, 0) is 17.8 Å². The standard InChI is InChI=1S/C21H17N3O5/c1-28-20(26)17-10-9-15(29-17)13-23-16-8-5-11-22-18(16)19(25)24(21(23)27)12-14-6-3-2-4-7-14/h2-11H,12-13H2,1H3. The molecule has 0 atom stereocenters. The van der Waals surface area contributed by atoms with Crippen LogP contribution in [0.25, 0.3) is 11.0 Å². The van der Waals surface area contributed by atoms with Gasteiger partial charge in [0.1, 0.15) is 5.76 Å². The Labute approximate surface area is 164 Å². The van der Waals surface area contributed by atoms with Crippen molar-refractivity contribution in [2.45, 2.75) is 13.1 Å². The predicted octanol–water partition coefficient (Wildman–Crippen LogP) is 2.03. The van der Waals surface area contributed by atoms with Crippen LogP contribution >= 0.6 is 0 Å². The fraction of sp³-hybridized carbons (Fsp3) is 0.143. The molecule has 0 saturated heterocycles. The molecule has 0 aliphatic carbocycles. The minimum atomic E-state index is -0.607. The third-order valence-corrected chi connectivity index (χ3v) is 4.53. The molecule has 0 radical (unpaired) electrons. The van der Waals surface area contributed by atoms with E-state index in [4.69, 9.17) is 4.42 Å². The first kappa shape index (κ1) is 18.4. The Hall–Kier alpha value is -3.94. The normalized spacial score (nSPS) is 10.9. The molecule has 0 bridgehead atoms. The highest BCUT2D eigenvalue weighted by Gasteiger charge is 2.17. The highest BCUT2D eigenvalue weighted by atomic mass is 16.5. The van der Waals surface area contributed by atoms with Crippen LogP contribution in [0.2, 0.25) is 0 Å². The van der Waals surface area contributed by atoms with Gasteiger partial charge in [-0.1, -0.05) is 30.3 Å². The quantitative estimate of drug-likeness (QED) is 0.483. The van der Waals surface area contributed by atoms with E-state index in [-0.39, 0.29) is 24.4 Å². The Morgan fingerprint density at radius 2 is 1.79 bits per heavy atom. The Morgan fingerprint density at radius 1 is 1.00 bits per heavy atom.